The molecule has 0 amide bonds. The van der Waals surface area contributed by atoms with Crippen LogP contribution in [0.25, 0.3) is 5.57 Å². The Balaban J connectivity index is 2.96. The molecule has 0 fully saturated rings. The quantitative estimate of drug-likeness (QED) is 0.709. The van der Waals surface area contributed by atoms with Crippen LogP contribution in [0.1, 0.15) is 12.5 Å². The molecule has 0 atom stereocenters. The van der Waals surface area contributed by atoms with E-state index in [1.54, 1.807) is 19.1 Å². The van der Waals surface area contributed by atoms with E-state index < -0.39 is 5.97 Å². The summed E-state index contributed by atoms with van der Waals surface area (Å²) in [7, 11) is 0. The number of rotatable bonds is 2. The van der Waals surface area contributed by atoms with Gasteiger partial charge in [-0.05, 0) is 30.2 Å². The Morgan fingerprint density at radius 2 is 1.92 bits per heavy atom. The van der Waals surface area contributed by atoms with Crippen LogP contribution in [0.2, 0.25) is 0 Å². The highest BCUT2D eigenvalue weighted by molar-refractivity contribution is 5.89. The van der Waals surface area contributed by atoms with Crippen LogP contribution in [0, 0.1) is 5.82 Å². The van der Waals surface area contributed by atoms with Gasteiger partial charge in [-0.15, -0.1) is 0 Å². The van der Waals surface area contributed by atoms with Crippen molar-refractivity contribution in [1.82, 2.24) is 0 Å². The predicted molar refractivity (Wildman–Crippen MR) is 47.7 cm³/mol. The Kier molecular flexibility index (Phi) is 2.80. The molecular formula is C10H9FO2. The van der Waals surface area contributed by atoms with Crippen LogP contribution in [-0.4, -0.2) is 11.1 Å². The number of carboxylic acids is 1. The van der Waals surface area contributed by atoms with Gasteiger partial charge in [0.05, 0.1) is 0 Å². The van der Waals surface area contributed by atoms with Gasteiger partial charge in [0.15, 0.2) is 0 Å². The summed E-state index contributed by atoms with van der Waals surface area (Å²) in [6.07, 6.45) is 1.09. The van der Waals surface area contributed by atoms with Crippen LogP contribution in [0.15, 0.2) is 30.3 Å². The molecule has 3 heteroatoms. The average Bonchev–Trinajstić information content (AvgIpc) is 2.04. The second kappa shape index (κ2) is 3.85. The van der Waals surface area contributed by atoms with E-state index in [0.29, 0.717) is 11.1 Å². The first kappa shape index (κ1) is 9.45. The van der Waals surface area contributed by atoms with Crippen molar-refractivity contribution in [2.75, 3.05) is 0 Å². The van der Waals surface area contributed by atoms with Gasteiger partial charge >= 0.3 is 5.97 Å². The number of carboxylic acid groups (broad SMARTS) is 1. The normalized spacial score (nSPS) is 11.4. The van der Waals surface area contributed by atoms with E-state index in [1.165, 1.54) is 12.1 Å². The number of benzene rings is 1. The Hall–Kier alpha value is -1.64. The molecule has 13 heavy (non-hydrogen) atoms. The lowest BCUT2D eigenvalue weighted by Gasteiger charge is -1.98. The van der Waals surface area contributed by atoms with Crippen molar-refractivity contribution in [3.63, 3.8) is 0 Å². The zero-order valence-corrected chi connectivity index (χ0v) is 7.12. The molecule has 1 aromatic carbocycles. The number of carbonyl (C=O) groups is 1. The lowest BCUT2D eigenvalue weighted by Crippen LogP contribution is -1.89. The van der Waals surface area contributed by atoms with Crippen molar-refractivity contribution in [3.05, 3.63) is 41.7 Å². The van der Waals surface area contributed by atoms with Crippen molar-refractivity contribution < 1.29 is 14.3 Å². The molecule has 1 rings (SSSR count). The Morgan fingerprint density at radius 3 is 2.38 bits per heavy atom. The Bertz CT molecular complexity index is 338. The monoisotopic (exact) mass is 180 g/mol. The van der Waals surface area contributed by atoms with Gasteiger partial charge in [0.2, 0.25) is 0 Å². The predicted octanol–water partition coefficient (Wildman–Crippen LogP) is 2.31. The molecule has 0 aromatic heterocycles. The van der Waals surface area contributed by atoms with Crippen LogP contribution >= 0.6 is 0 Å². The van der Waals surface area contributed by atoms with Gasteiger partial charge in [-0.2, -0.15) is 0 Å². The maximum Gasteiger partial charge on any atom is 0.328 e. The molecule has 0 aliphatic carbocycles. The fourth-order valence-electron chi connectivity index (χ4n) is 0.981. The topological polar surface area (TPSA) is 37.3 Å². The highest BCUT2D eigenvalue weighted by Crippen LogP contribution is 2.13. The van der Waals surface area contributed by atoms with E-state index >= 15 is 0 Å². The molecule has 0 heterocycles. The van der Waals surface area contributed by atoms with E-state index in [2.05, 4.69) is 0 Å². The van der Waals surface area contributed by atoms with Gasteiger partial charge in [-0.1, -0.05) is 12.1 Å². The van der Waals surface area contributed by atoms with Gasteiger partial charge in [0.1, 0.15) is 5.82 Å². The number of aliphatic carboxylic acids is 1. The third kappa shape index (κ3) is 2.71. The second-order valence-corrected chi connectivity index (χ2v) is 2.67. The van der Waals surface area contributed by atoms with E-state index in [1.807, 2.05) is 0 Å². The summed E-state index contributed by atoms with van der Waals surface area (Å²) in [5.74, 6) is -1.33. The van der Waals surface area contributed by atoms with E-state index in [-0.39, 0.29) is 5.82 Å². The van der Waals surface area contributed by atoms with Gasteiger partial charge in [0.25, 0.3) is 0 Å². The summed E-state index contributed by atoms with van der Waals surface area (Å²) in [6, 6.07) is 5.69. The average molecular weight is 180 g/mol. The maximum atomic E-state index is 12.5. The summed E-state index contributed by atoms with van der Waals surface area (Å²) in [4.78, 5) is 10.3. The smallest absolute Gasteiger partial charge is 0.328 e. The summed E-state index contributed by atoms with van der Waals surface area (Å²) in [6.45, 7) is 1.67. The van der Waals surface area contributed by atoms with Gasteiger partial charge in [0, 0.05) is 6.08 Å². The Labute approximate surface area is 75.3 Å². The molecule has 0 bridgehead atoms. The number of allylic oxidation sites excluding steroid dienone is 1. The minimum Gasteiger partial charge on any atom is -0.478 e. The van der Waals surface area contributed by atoms with Crippen LogP contribution < -0.4 is 0 Å². The molecule has 1 aromatic rings. The molecule has 2 nitrogen and oxygen atoms in total. The highest BCUT2D eigenvalue weighted by atomic mass is 19.1. The molecule has 0 radical (unpaired) electrons. The molecule has 0 spiro atoms. The standard InChI is InChI=1S/C10H9FO2/c1-7(6-10(12)13)8-2-4-9(11)5-3-8/h2-6H,1H3,(H,12,13)/b7-6+. The van der Waals surface area contributed by atoms with Crippen LogP contribution in [-0.2, 0) is 4.79 Å². The molecule has 0 aliphatic rings. The van der Waals surface area contributed by atoms with Crippen molar-refractivity contribution in [2.45, 2.75) is 6.92 Å². The zero-order valence-electron chi connectivity index (χ0n) is 7.12. The van der Waals surface area contributed by atoms with Crippen LogP contribution in [0.5, 0.6) is 0 Å². The molecule has 0 unspecified atom stereocenters. The second-order valence-electron chi connectivity index (χ2n) is 2.67. The third-order valence-electron chi connectivity index (χ3n) is 1.64. The number of hydrogen-bond donors (Lipinski definition) is 1. The van der Waals surface area contributed by atoms with Crippen LogP contribution in [0.3, 0.4) is 0 Å². The lowest BCUT2D eigenvalue weighted by molar-refractivity contribution is -0.131. The van der Waals surface area contributed by atoms with Gasteiger partial charge < -0.3 is 5.11 Å². The number of hydrogen-bond acceptors (Lipinski definition) is 1. The minimum atomic E-state index is -0.998. The molecule has 1 N–H and O–H groups in total. The molecule has 68 valence electrons. The van der Waals surface area contributed by atoms with Crippen LogP contribution in [0.4, 0.5) is 4.39 Å². The molecule has 0 saturated heterocycles. The Morgan fingerprint density at radius 1 is 1.38 bits per heavy atom. The molecule has 0 aliphatic heterocycles. The third-order valence-corrected chi connectivity index (χ3v) is 1.64. The first-order valence-electron chi connectivity index (χ1n) is 3.77. The lowest BCUT2D eigenvalue weighted by atomic mass is 10.1. The first-order valence-corrected chi connectivity index (χ1v) is 3.77. The molecule has 0 saturated carbocycles. The fraction of sp³-hybridized carbons (Fsp3) is 0.100. The van der Waals surface area contributed by atoms with Crippen molar-refractivity contribution in [1.29, 1.82) is 0 Å². The summed E-state index contributed by atoms with van der Waals surface area (Å²) in [5, 5.41) is 8.45. The van der Waals surface area contributed by atoms with E-state index in [4.69, 9.17) is 5.11 Å². The van der Waals surface area contributed by atoms with Crippen molar-refractivity contribution in [2.24, 2.45) is 0 Å². The first-order chi connectivity index (χ1) is 6.09. The number of halogens is 1. The minimum absolute atomic E-state index is 0.327. The summed E-state index contributed by atoms with van der Waals surface area (Å²) in [5.41, 5.74) is 1.32. The SMILES string of the molecule is C/C(=C\C(=O)O)c1ccc(F)cc1. The van der Waals surface area contributed by atoms with Crippen molar-refractivity contribution in [3.8, 4) is 0 Å². The highest BCUT2D eigenvalue weighted by Gasteiger charge is 1.98. The maximum absolute atomic E-state index is 12.5. The zero-order chi connectivity index (χ0) is 9.84. The van der Waals surface area contributed by atoms with E-state index in [0.717, 1.165) is 6.08 Å². The van der Waals surface area contributed by atoms with Crippen molar-refractivity contribution >= 4 is 11.5 Å². The van der Waals surface area contributed by atoms with Gasteiger partial charge in [-0.3, -0.25) is 0 Å². The summed E-state index contributed by atoms with van der Waals surface area (Å²) >= 11 is 0. The summed E-state index contributed by atoms with van der Waals surface area (Å²) < 4.78 is 12.5. The van der Waals surface area contributed by atoms with E-state index in [9.17, 15) is 9.18 Å². The largest absolute Gasteiger partial charge is 0.478 e. The fourth-order valence-corrected chi connectivity index (χ4v) is 0.981. The van der Waals surface area contributed by atoms with Gasteiger partial charge in [-0.25, -0.2) is 9.18 Å². The molecular weight excluding hydrogens is 171 g/mol.